The molecule has 1 aromatic carbocycles. The molecule has 1 saturated heterocycles. The van der Waals surface area contributed by atoms with E-state index in [1.165, 1.54) is 29.4 Å². The Hall–Kier alpha value is -2.86. The maximum Gasteiger partial charge on any atom is 0.171 e. The van der Waals surface area contributed by atoms with Gasteiger partial charge in [-0.05, 0) is 17.7 Å². The Bertz CT molecular complexity index is 953. The lowest BCUT2D eigenvalue weighted by atomic mass is 10.1. The second-order valence-corrected chi connectivity index (χ2v) is 6.37. The average molecular weight is 391 g/mol. The molecule has 0 radical (unpaired) electrons. The molecule has 0 spiro atoms. The van der Waals surface area contributed by atoms with Gasteiger partial charge in [0.15, 0.2) is 23.4 Å². The van der Waals surface area contributed by atoms with Crippen molar-refractivity contribution in [1.29, 1.82) is 0 Å². The van der Waals surface area contributed by atoms with Crippen molar-refractivity contribution in [3.05, 3.63) is 42.5 Å². The maximum atomic E-state index is 12.0. The number of aliphatic hydroxyl groups excluding tert-OH is 2. The molecule has 3 heterocycles. The van der Waals surface area contributed by atoms with Gasteiger partial charge in [0.25, 0.3) is 0 Å². The highest BCUT2D eigenvalue weighted by Crippen LogP contribution is 2.32. The van der Waals surface area contributed by atoms with Crippen molar-refractivity contribution in [3.8, 4) is 5.75 Å². The lowest BCUT2D eigenvalue weighted by molar-refractivity contribution is -0.0682. The topological polar surface area (TPSA) is 138 Å². The summed E-state index contributed by atoms with van der Waals surface area (Å²) in [4.78, 5) is 15.7. The SMILES string of the molecule is Nc1ncnc2c1ncn2[C@@H]1O[C@H](COCc2ccc(OF)cc2)[C@@H](O)[C@H]1O. The van der Waals surface area contributed by atoms with Crippen LogP contribution >= 0.6 is 0 Å². The number of ether oxygens (including phenoxy) is 2. The largest absolute Gasteiger partial charge is 0.387 e. The molecule has 2 aromatic heterocycles. The van der Waals surface area contributed by atoms with Crippen LogP contribution in [-0.2, 0) is 16.1 Å². The summed E-state index contributed by atoms with van der Waals surface area (Å²) in [5.74, 6) is 0.308. The third-order valence-electron chi connectivity index (χ3n) is 4.56. The van der Waals surface area contributed by atoms with E-state index in [-0.39, 0.29) is 24.8 Å². The van der Waals surface area contributed by atoms with E-state index >= 15 is 0 Å². The molecule has 0 bridgehead atoms. The van der Waals surface area contributed by atoms with Crippen LogP contribution in [0.15, 0.2) is 36.9 Å². The Morgan fingerprint density at radius 1 is 1.14 bits per heavy atom. The summed E-state index contributed by atoms with van der Waals surface area (Å²) in [6, 6.07) is 6.24. The second-order valence-electron chi connectivity index (χ2n) is 6.37. The predicted octanol–water partition coefficient (Wildman–Crippen LogP) is 0.508. The van der Waals surface area contributed by atoms with Crippen LogP contribution in [0.1, 0.15) is 11.8 Å². The van der Waals surface area contributed by atoms with Crippen LogP contribution in [0.2, 0.25) is 0 Å². The number of rotatable bonds is 6. The third kappa shape index (κ3) is 3.36. The number of hydrogen-bond donors (Lipinski definition) is 3. The number of nitrogen functional groups attached to an aromatic ring is 1. The van der Waals surface area contributed by atoms with Gasteiger partial charge in [0, 0.05) is 4.53 Å². The monoisotopic (exact) mass is 391 g/mol. The van der Waals surface area contributed by atoms with Gasteiger partial charge in [0.05, 0.1) is 19.5 Å². The number of aliphatic hydroxyl groups is 2. The number of halogens is 1. The van der Waals surface area contributed by atoms with Crippen molar-refractivity contribution < 1.29 is 29.2 Å². The number of anilines is 1. The Morgan fingerprint density at radius 3 is 2.68 bits per heavy atom. The number of imidazole rings is 1. The summed E-state index contributed by atoms with van der Waals surface area (Å²) in [6.45, 7) is 0.261. The van der Waals surface area contributed by atoms with Crippen molar-refractivity contribution in [2.45, 2.75) is 31.1 Å². The van der Waals surface area contributed by atoms with Crippen molar-refractivity contribution in [3.63, 3.8) is 0 Å². The quantitative estimate of drug-likeness (QED) is 0.548. The molecule has 0 saturated carbocycles. The highest BCUT2D eigenvalue weighted by atomic mass is 19.3. The fourth-order valence-corrected chi connectivity index (χ4v) is 3.08. The summed E-state index contributed by atoms with van der Waals surface area (Å²) in [5.41, 5.74) is 7.33. The molecule has 0 amide bonds. The number of hydrogen-bond acceptors (Lipinski definition) is 9. The lowest BCUT2D eigenvalue weighted by Crippen LogP contribution is -2.33. The van der Waals surface area contributed by atoms with E-state index < -0.39 is 24.5 Å². The summed E-state index contributed by atoms with van der Waals surface area (Å²) in [6.07, 6.45) is -1.32. The van der Waals surface area contributed by atoms with Gasteiger partial charge in [-0.3, -0.25) is 9.51 Å². The molecule has 28 heavy (non-hydrogen) atoms. The first-order valence-electron chi connectivity index (χ1n) is 8.48. The molecule has 11 heteroatoms. The molecule has 0 unspecified atom stereocenters. The minimum atomic E-state index is -1.21. The number of benzene rings is 1. The van der Waals surface area contributed by atoms with E-state index in [0.29, 0.717) is 11.2 Å². The van der Waals surface area contributed by atoms with E-state index in [2.05, 4.69) is 19.9 Å². The van der Waals surface area contributed by atoms with Gasteiger partial charge in [0.1, 0.15) is 30.2 Å². The maximum absolute atomic E-state index is 12.0. The fraction of sp³-hybridized carbons (Fsp3) is 0.353. The molecule has 10 nitrogen and oxygen atoms in total. The van der Waals surface area contributed by atoms with Gasteiger partial charge in [-0.25, -0.2) is 15.0 Å². The van der Waals surface area contributed by atoms with Gasteiger partial charge in [-0.1, -0.05) is 12.1 Å². The van der Waals surface area contributed by atoms with Crippen LogP contribution in [-0.4, -0.2) is 54.7 Å². The summed E-state index contributed by atoms with van der Waals surface area (Å²) >= 11 is 0. The number of nitrogens with two attached hydrogens (primary N) is 1. The Balaban J connectivity index is 1.41. The van der Waals surface area contributed by atoms with Crippen molar-refractivity contribution in [1.82, 2.24) is 19.5 Å². The van der Waals surface area contributed by atoms with Crippen LogP contribution in [0.3, 0.4) is 0 Å². The molecule has 0 aliphatic carbocycles. The molecule has 4 atom stereocenters. The standard InChI is InChI=1S/C17H18FN5O5/c18-28-10-3-1-9(2-4-10)5-26-6-11-13(24)14(25)17(27-11)23-8-22-12-15(19)20-7-21-16(12)23/h1-4,7-8,11,13-14,17,24-25H,5-6H2,(H2,19,20,21)/t11-,13-,14-,17-/m1/s1. The zero-order valence-corrected chi connectivity index (χ0v) is 14.6. The fourth-order valence-electron chi connectivity index (χ4n) is 3.08. The van der Waals surface area contributed by atoms with Gasteiger partial charge in [0.2, 0.25) is 0 Å². The molecule has 148 valence electrons. The second kappa shape index (κ2) is 7.64. The van der Waals surface area contributed by atoms with Crippen LogP contribution < -0.4 is 10.7 Å². The van der Waals surface area contributed by atoms with Crippen molar-refractivity contribution in [2.75, 3.05) is 12.3 Å². The number of nitrogens with zero attached hydrogens (tertiary/aromatic N) is 4. The summed E-state index contributed by atoms with van der Waals surface area (Å²) < 4.78 is 24.9. The molecule has 4 N–H and O–H groups in total. The minimum absolute atomic E-state index is 0.0415. The summed E-state index contributed by atoms with van der Waals surface area (Å²) in [5, 5.41) is 20.7. The van der Waals surface area contributed by atoms with E-state index in [0.717, 1.165) is 5.56 Å². The van der Waals surface area contributed by atoms with Gasteiger partial charge in [-0.15, -0.1) is 0 Å². The van der Waals surface area contributed by atoms with Crippen LogP contribution in [0.25, 0.3) is 11.2 Å². The zero-order chi connectivity index (χ0) is 19.7. The Morgan fingerprint density at radius 2 is 1.93 bits per heavy atom. The molecule has 3 aromatic rings. The average Bonchev–Trinajstić information content (AvgIpc) is 3.26. The highest BCUT2D eigenvalue weighted by Gasteiger charge is 2.44. The normalized spacial score (nSPS) is 24.7. The third-order valence-corrected chi connectivity index (χ3v) is 4.56. The van der Waals surface area contributed by atoms with E-state index in [4.69, 9.17) is 15.2 Å². The minimum Gasteiger partial charge on any atom is -0.387 e. The molecular weight excluding hydrogens is 373 g/mol. The zero-order valence-electron chi connectivity index (χ0n) is 14.6. The van der Waals surface area contributed by atoms with Crippen LogP contribution in [0.4, 0.5) is 10.3 Å². The smallest absolute Gasteiger partial charge is 0.171 e. The number of aromatic nitrogens is 4. The number of fused-ring (bicyclic) bond motifs is 1. The molecule has 1 aliphatic rings. The Kier molecular flexibility index (Phi) is 5.05. The van der Waals surface area contributed by atoms with Crippen molar-refractivity contribution >= 4 is 17.0 Å². The summed E-state index contributed by atoms with van der Waals surface area (Å²) in [7, 11) is 0. The first kappa shape index (κ1) is 18.5. The van der Waals surface area contributed by atoms with E-state index in [1.807, 2.05) is 0 Å². The van der Waals surface area contributed by atoms with Gasteiger partial charge >= 0.3 is 0 Å². The van der Waals surface area contributed by atoms with Crippen LogP contribution in [0, 0.1) is 0 Å². The Labute approximate surface area is 158 Å². The first-order chi connectivity index (χ1) is 13.6. The first-order valence-corrected chi connectivity index (χ1v) is 8.48. The van der Waals surface area contributed by atoms with Gasteiger partial charge < -0.3 is 25.4 Å². The highest BCUT2D eigenvalue weighted by molar-refractivity contribution is 5.81. The van der Waals surface area contributed by atoms with Crippen molar-refractivity contribution in [2.24, 2.45) is 0 Å². The molecule has 4 rings (SSSR count). The van der Waals surface area contributed by atoms with E-state index in [1.54, 1.807) is 12.1 Å². The molecule has 1 fully saturated rings. The molecular formula is C17H18FN5O5. The predicted molar refractivity (Wildman–Crippen MR) is 93.5 cm³/mol. The van der Waals surface area contributed by atoms with Gasteiger partial charge in [-0.2, -0.15) is 0 Å². The lowest BCUT2D eigenvalue weighted by Gasteiger charge is -2.16. The van der Waals surface area contributed by atoms with E-state index in [9.17, 15) is 14.7 Å². The van der Waals surface area contributed by atoms with Crippen LogP contribution in [0.5, 0.6) is 5.75 Å². The molecule has 1 aliphatic heterocycles.